The third kappa shape index (κ3) is 4.16. The molecule has 1 heterocycles. The lowest BCUT2D eigenvalue weighted by Crippen LogP contribution is -2.01. The van der Waals surface area contributed by atoms with Gasteiger partial charge in [-0.2, -0.15) is 5.10 Å². The van der Waals surface area contributed by atoms with Crippen LogP contribution in [0.25, 0.3) is 11.8 Å². The second-order valence-electron chi connectivity index (χ2n) is 5.11. The van der Waals surface area contributed by atoms with Crippen LogP contribution in [-0.2, 0) is 16.1 Å². The van der Waals surface area contributed by atoms with Crippen molar-refractivity contribution in [3.05, 3.63) is 90.0 Å². The van der Waals surface area contributed by atoms with E-state index in [0.29, 0.717) is 0 Å². The van der Waals surface area contributed by atoms with Crippen molar-refractivity contribution in [3.63, 3.8) is 0 Å². The molecule has 2 aromatic carbocycles. The Balaban J connectivity index is 1.53. The summed E-state index contributed by atoms with van der Waals surface area (Å²) in [5.41, 5.74) is 2.55. The molecule has 0 aliphatic heterocycles. The van der Waals surface area contributed by atoms with Crippen LogP contribution in [0.5, 0.6) is 0 Å². The van der Waals surface area contributed by atoms with E-state index in [9.17, 15) is 9.18 Å². The molecule has 0 saturated heterocycles. The smallest absolute Gasteiger partial charge is 0.331 e. The quantitative estimate of drug-likeness (QED) is 0.530. The Morgan fingerprint density at radius 3 is 2.54 bits per heavy atom. The fourth-order valence-electron chi connectivity index (χ4n) is 2.11. The van der Waals surface area contributed by atoms with Crippen LogP contribution in [0.4, 0.5) is 4.39 Å². The molecule has 0 atom stereocenters. The van der Waals surface area contributed by atoms with E-state index in [1.807, 2.05) is 36.5 Å². The summed E-state index contributed by atoms with van der Waals surface area (Å²) in [7, 11) is 0. The third-order valence-electron chi connectivity index (χ3n) is 3.37. The molecule has 5 heteroatoms. The fraction of sp³-hybridized carbons (Fsp3) is 0.0526. The predicted octanol–water partition coefficient (Wildman–Crippen LogP) is 3.77. The number of rotatable bonds is 5. The lowest BCUT2D eigenvalue weighted by molar-refractivity contribution is -0.138. The van der Waals surface area contributed by atoms with Gasteiger partial charge in [0.05, 0.1) is 5.69 Å². The third-order valence-corrected chi connectivity index (χ3v) is 3.37. The van der Waals surface area contributed by atoms with Crippen molar-refractivity contribution in [1.82, 2.24) is 9.78 Å². The topological polar surface area (TPSA) is 44.1 Å². The number of carbonyl (C=O) groups excluding carboxylic acids is 1. The number of aromatic nitrogens is 2. The summed E-state index contributed by atoms with van der Waals surface area (Å²) in [4.78, 5) is 11.7. The number of hydrogen-bond donors (Lipinski definition) is 0. The second-order valence-corrected chi connectivity index (χ2v) is 5.11. The molecule has 3 aromatic rings. The number of halogens is 1. The summed E-state index contributed by atoms with van der Waals surface area (Å²) in [6.07, 6.45) is 6.48. The van der Waals surface area contributed by atoms with Gasteiger partial charge in [0.15, 0.2) is 0 Å². The molecule has 4 nitrogen and oxygen atoms in total. The average molecular weight is 322 g/mol. The summed E-state index contributed by atoms with van der Waals surface area (Å²) in [5.74, 6) is -0.760. The maximum Gasteiger partial charge on any atom is 0.331 e. The van der Waals surface area contributed by atoms with Gasteiger partial charge in [-0.1, -0.05) is 24.3 Å². The minimum Gasteiger partial charge on any atom is -0.458 e. The van der Waals surface area contributed by atoms with E-state index in [4.69, 9.17) is 4.74 Å². The zero-order chi connectivity index (χ0) is 16.8. The van der Waals surface area contributed by atoms with Crippen molar-refractivity contribution < 1.29 is 13.9 Å². The first-order valence-corrected chi connectivity index (χ1v) is 7.40. The number of esters is 1. The van der Waals surface area contributed by atoms with Gasteiger partial charge in [-0.15, -0.1) is 0 Å². The van der Waals surface area contributed by atoms with Crippen LogP contribution in [0, 0.1) is 5.82 Å². The highest BCUT2D eigenvalue weighted by atomic mass is 19.1. The van der Waals surface area contributed by atoms with Gasteiger partial charge in [-0.25, -0.2) is 13.9 Å². The molecule has 0 unspecified atom stereocenters. The molecule has 120 valence electrons. The van der Waals surface area contributed by atoms with E-state index >= 15 is 0 Å². The van der Waals surface area contributed by atoms with E-state index in [0.717, 1.165) is 16.8 Å². The van der Waals surface area contributed by atoms with Crippen molar-refractivity contribution >= 4 is 12.0 Å². The summed E-state index contributed by atoms with van der Waals surface area (Å²) in [6.45, 7) is 0.186. The fourth-order valence-corrected chi connectivity index (χ4v) is 2.11. The molecule has 0 N–H and O–H groups in total. The van der Waals surface area contributed by atoms with E-state index in [1.54, 1.807) is 29.1 Å². The normalized spacial score (nSPS) is 10.9. The maximum atomic E-state index is 12.8. The zero-order valence-corrected chi connectivity index (χ0v) is 12.8. The molecule has 0 spiro atoms. The van der Waals surface area contributed by atoms with Gasteiger partial charge in [0, 0.05) is 18.5 Å². The first kappa shape index (κ1) is 15.7. The molecule has 0 bridgehead atoms. The number of carbonyl (C=O) groups is 1. The molecule has 0 saturated carbocycles. The van der Waals surface area contributed by atoms with E-state index in [-0.39, 0.29) is 12.4 Å². The van der Waals surface area contributed by atoms with Gasteiger partial charge in [0.1, 0.15) is 12.4 Å². The molecule has 0 fully saturated rings. The second kappa shape index (κ2) is 7.37. The largest absolute Gasteiger partial charge is 0.458 e. The standard InChI is InChI=1S/C19H15FN2O2/c20-17-7-2-15(3-8-17)6-11-19(23)24-14-16-4-9-18(10-5-16)22-13-1-12-21-22/h1-13H,14H2/b11-6+. The number of hydrogen-bond acceptors (Lipinski definition) is 3. The number of nitrogens with zero attached hydrogens (tertiary/aromatic N) is 2. The average Bonchev–Trinajstić information content (AvgIpc) is 3.14. The molecule has 0 radical (unpaired) electrons. The predicted molar refractivity (Wildman–Crippen MR) is 88.8 cm³/mol. The molecule has 0 amide bonds. The molecular weight excluding hydrogens is 307 g/mol. The van der Waals surface area contributed by atoms with Crippen LogP contribution in [-0.4, -0.2) is 15.7 Å². The van der Waals surface area contributed by atoms with Gasteiger partial charge < -0.3 is 4.74 Å². The summed E-state index contributed by atoms with van der Waals surface area (Å²) >= 11 is 0. The Hall–Kier alpha value is -3.21. The van der Waals surface area contributed by atoms with Crippen LogP contribution in [0.2, 0.25) is 0 Å². The SMILES string of the molecule is O=C(/C=C/c1ccc(F)cc1)OCc1ccc(-n2cccn2)cc1. The summed E-state index contributed by atoms with van der Waals surface area (Å²) in [5, 5.41) is 4.15. The van der Waals surface area contributed by atoms with Crippen molar-refractivity contribution in [2.24, 2.45) is 0 Å². The van der Waals surface area contributed by atoms with Crippen molar-refractivity contribution in [2.45, 2.75) is 6.61 Å². The Kier molecular flexibility index (Phi) is 4.81. The van der Waals surface area contributed by atoms with Gasteiger partial charge in [0.2, 0.25) is 0 Å². The summed E-state index contributed by atoms with van der Waals surface area (Å²) in [6, 6.07) is 15.3. The highest BCUT2D eigenvalue weighted by Gasteiger charge is 2.01. The van der Waals surface area contributed by atoms with Gasteiger partial charge >= 0.3 is 5.97 Å². The Morgan fingerprint density at radius 2 is 1.88 bits per heavy atom. The van der Waals surface area contributed by atoms with Crippen LogP contribution in [0.3, 0.4) is 0 Å². The van der Waals surface area contributed by atoms with Crippen LogP contribution in [0.15, 0.2) is 73.1 Å². The van der Waals surface area contributed by atoms with Crippen LogP contribution < -0.4 is 0 Å². The number of benzene rings is 2. The maximum absolute atomic E-state index is 12.8. The summed E-state index contributed by atoms with van der Waals surface area (Å²) < 4.78 is 19.7. The Morgan fingerprint density at radius 1 is 1.12 bits per heavy atom. The minimum atomic E-state index is -0.449. The Bertz CT molecular complexity index is 823. The lowest BCUT2D eigenvalue weighted by Gasteiger charge is -2.05. The lowest BCUT2D eigenvalue weighted by atomic mass is 10.2. The van der Waals surface area contributed by atoms with Crippen LogP contribution >= 0.6 is 0 Å². The molecule has 1 aromatic heterocycles. The highest BCUT2D eigenvalue weighted by molar-refractivity contribution is 5.87. The number of ether oxygens (including phenoxy) is 1. The van der Waals surface area contributed by atoms with Gasteiger partial charge in [-0.3, -0.25) is 0 Å². The van der Waals surface area contributed by atoms with E-state index in [1.165, 1.54) is 18.2 Å². The van der Waals surface area contributed by atoms with Gasteiger partial charge in [-0.05, 0) is 47.5 Å². The zero-order valence-electron chi connectivity index (χ0n) is 12.8. The molecular formula is C19H15FN2O2. The molecule has 0 aliphatic rings. The van der Waals surface area contributed by atoms with Crippen molar-refractivity contribution in [1.29, 1.82) is 0 Å². The van der Waals surface area contributed by atoms with Gasteiger partial charge in [0.25, 0.3) is 0 Å². The van der Waals surface area contributed by atoms with E-state index in [2.05, 4.69) is 5.10 Å². The molecule has 3 rings (SSSR count). The molecule has 24 heavy (non-hydrogen) atoms. The van der Waals surface area contributed by atoms with Crippen molar-refractivity contribution in [3.8, 4) is 5.69 Å². The van der Waals surface area contributed by atoms with Crippen molar-refractivity contribution in [2.75, 3.05) is 0 Å². The Labute approximate surface area is 138 Å². The first-order chi connectivity index (χ1) is 11.7. The highest BCUT2D eigenvalue weighted by Crippen LogP contribution is 2.10. The monoisotopic (exact) mass is 322 g/mol. The minimum absolute atomic E-state index is 0.186. The molecule has 0 aliphatic carbocycles. The first-order valence-electron chi connectivity index (χ1n) is 7.40. The van der Waals surface area contributed by atoms with Crippen LogP contribution in [0.1, 0.15) is 11.1 Å². The van der Waals surface area contributed by atoms with E-state index < -0.39 is 5.97 Å².